The van der Waals surface area contributed by atoms with Gasteiger partial charge in [-0.1, -0.05) is 54.6 Å². The molecule has 3 aromatic carbocycles. The molecule has 0 spiro atoms. The Morgan fingerprint density at radius 1 is 0.923 bits per heavy atom. The Kier molecular flexibility index (Phi) is 8.89. The highest BCUT2D eigenvalue weighted by atomic mass is 32.2. The van der Waals surface area contributed by atoms with Crippen molar-refractivity contribution in [2.24, 2.45) is 0 Å². The topological polar surface area (TPSA) is 75.3 Å². The lowest BCUT2D eigenvalue weighted by atomic mass is 10.1. The van der Waals surface area contributed by atoms with Crippen LogP contribution in [0.2, 0.25) is 0 Å². The highest BCUT2D eigenvalue weighted by Gasteiger charge is 2.23. The predicted molar refractivity (Wildman–Crippen MR) is 168 cm³/mol. The number of nitrogens with one attached hydrogen (secondary N) is 3. The van der Waals surface area contributed by atoms with Crippen LogP contribution < -0.4 is 20.7 Å². The minimum absolute atomic E-state index is 0.134. The molecule has 6 nitrogen and oxygen atoms in total. The van der Waals surface area contributed by atoms with Crippen LogP contribution >= 0.6 is 46.7 Å². The van der Waals surface area contributed by atoms with Gasteiger partial charge in [-0.3, -0.25) is 4.79 Å². The number of thioether (sulfide) groups is 1. The molecular weight excluding hydrogens is 565 g/mol. The number of carbonyl (C=O) groups is 1. The second-order valence-corrected chi connectivity index (χ2v) is 11.6. The number of thiocarbonyl (C=S) groups is 1. The lowest BCUT2D eigenvalue weighted by molar-refractivity contribution is -0.115. The molecule has 0 aliphatic heterocycles. The van der Waals surface area contributed by atoms with Crippen molar-refractivity contribution in [1.82, 2.24) is 4.98 Å². The summed E-state index contributed by atoms with van der Waals surface area (Å²) >= 11 is 10.0. The molecule has 0 aliphatic rings. The quantitative estimate of drug-likeness (QED) is 0.118. The first-order chi connectivity index (χ1) is 19.1. The number of thiazole rings is 1. The molecule has 2 aromatic heterocycles. The number of amides is 1. The number of anilines is 3. The Bertz CT molecular complexity index is 1550. The van der Waals surface area contributed by atoms with Crippen molar-refractivity contribution >= 4 is 74.2 Å². The zero-order valence-electron chi connectivity index (χ0n) is 20.8. The molecule has 10 heteroatoms. The summed E-state index contributed by atoms with van der Waals surface area (Å²) in [7, 11) is 1.62. The van der Waals surface area contributed by atoms with E-state index in [1.165, 1.54) is 23.1 Å². The molecule has 39 heavy (non-hydrogen) atoms. The number of aromatic nitrogens is 1. The minimum atomic E-state index is -0.478. The molecule has 2 heterocycles. The first kappa shape index (κ1) is 26.9. The minimum Gasteiger partial charge on any atom is -0.495 e. The standard InChI is InChI=1S/C29H24N4O2S4/c1-35-24-14-6-5-13-22(24)31-28(36)30-20-11-7-12-21(17-20)39-26(19-9-3-2-4-10-19)27(34)33-29-32-23(18-38-29)25-15-8-16-37-25/h2-18,26H,1H3,(H2,30,31,36)(H,32,33,34). The van der Waals surface area contributed by atoms with Crippen LogP contribution in [0, 0.1) is 0 Å². The third-order valence-electron chi connectivity index (χ3n) is 5.55. The molecule has 0 aliphatic carbocycles. The van der Waals surface area contributed by atoms with E-state index in [-0.39, 0.29) is 5.91 Å². The second-order valence-electron chi connectivity index (χ2n) is 8.22. The largest absolute Gasteiger partial charge is 0.495 e. The van der Waals surface area contributed by atoms with Crippen LogP contribution in [0.3, 0.4) is 0 Å². The molecule has 1 unspecified atom stereocenters. The van der Waals surface area contributed by atoms with Gasteiger partial charge < -0.3 is 20.7 Å². The van der Waals surface area contributed by atoms with Crippen molar-refractivity contribution in [3.63, 3.8) is 0 Å². The van der Waals surface area contributed by atoms with E-state index in [9.17, 15) is 4.79 Å². The number of hydrogen-bond donors (Lipinski definition) is 3. The third-order valence-corrected chi connectivity index (χ3v) is 8.65. The monoisotopic (exact) mass is 588 g/mol. The van der Waals surface area contributed by atoms with E-state index in [0.29, 0.717) is 16.0 Å². The highest BCUT2D eigenvalue weighted by Crippen LogP contribution is 2.38. The van der Waals surface area contributed by atoms with E-state index < -0.39 is 5.25 Å². The van der Waals surface area contributed by atoms with E-state index in [0.717, 1.165) is 32.4 Å². The van der Waals surface area contributed by atoms with Gasteiger partial charge in [0.05, 0.1) is 23.4 Å². The first-order valence-corrected chi connectivity index (χ1v) is 15.0. The van der Waals surface area contributed by atoms with E-state index in [1.807, 2.05) is 102 Å². The lowest BCUT2D eigenvalue weighted by Crippen LogP contribution is -2.20. The predicted octanol–water partition coefficient (Wildman–Crippen LogP) is 8.16. The van der Waals surface area contributed by atoms with Crippen molar-refractivity contribution in [1.29, 1.82) is 0 Å². The number of ether oxygens (including phenoxy) is 1. The van der Waals surface area contributed by atoms with Gasteiger partial charge in [0.15, 0.2) is 10.2 Å². The number of hydrogen-bond acceptors (Lipinski definition) is 7. The summed E-state index contributed by atoms with van der Waals surface area (Å²) in [5, 5.41) is 13.9. The number of para-hydroxylation sites is 2. The number of benzene rings is 3. The summed E-state index contributed by atoms with van der Waals surface area (Å²) in [5.41, 5.74) is 3.35. The Morgan fingerprint density at radius 2 is 1.74 bits per heavy atom. The summed E-state index contributed by atoms with van der Waals surface area (Å²) in [5.74, 6) is 0.565. The molecule has 5 aromatic rings. The van der Waals surface area contributed by atoms with Gasteiger partial charge >= 0.3 is 0 Å². The summed E-state index contributed by atoms with van der Waals surface area (Å²) in [6, 6.07) is 29.2. The Morgan fingerprint density at radius 3 is 2.54 bits per heavy atom. The van der Waals surface area contributed by atoms with Gasteiger partial charge in [-0.25, -0.2) is 4.98 Å². The van der Waals surface area contributed by atoms with Crippen molar-refractivity contribution in [2.45, 2.75) is 10.1 Å². The summed E-state index contributed by atoms with van der Waals surface area (Å²) in [6.07, 6.45) is 0. The number of rotatable bonds is 9. The molecule has 1 amide bonds. The first-order valence-electron chi connectivity index (χ1n) is 11.9. The third kappa shape index (κ3) is 7.04. The molecule has 5 rings (SSSR count). The smallest absolute Gasteiger partial charge is 0.244 e. The maximum absolute atomic E-state index is 13.5. The van der Waals surface area contributed by atoms with Crippen LogP contribution in [0.25, 0.3) is 10.6 Å². The van der Waals surface area contributed by atoms with Crippen molar-refractivity contribution in [3.8, 4) is 16.3 Å². The summed E-state index contributed by atoms with van der Waals surface area (Å²) < 4.78 is 5.39. The van der Waals surface area contributed by atoms with E-state index in [4.69, 9.17) is 17.0 Å². The molecule has 196 valence electrons. The fraction of sp³-hybridized carbons (Fsp3) is 0.0690. The zero-order valence-corrected chi connectivity index (χ0v) is 24.1. The molecule has 0 saturated heterocycles. The van der Waals surface area contributed by atoms with Crippen LogP contribution in [-0.4, -0.2) is 23.1 Å². The van der Waals surface area contributed by atoms with Crippen LogP contribution in [0.1, 0.15) is 10.8 Å². The number of nitrogens with zero attached hydrogens (tertiary/aromatic N) is 1. The molecule has 0 saturated carbocycles. The summed E-state index contributed by atoms with van der Waals surface area (Å²) in [4.78, 5) is 20.1. The maximum atomic E-state index is 13.5. The molecule has 0 fully saturated rings. The van der Waals surface area contributed by atoms with Crippen LogP contribution in [0.4, 0.5) is 16.5 Å². The van der Waals surface area contributed by atoms with Crippen LogP contribution in [0.15, 0.2) is 107 Å². The summed E-state index contributed by atoms with van der Waals surface area (Å²) in [6.45, 7) is 0. The fourth-order valence-corrected chi connectivity index (χ4v) is 6.54. The number of thiophene rings is 1. The highest BCUT2D eigenvalue weighted by molar-refractivity contribution is 8.00. The van der Waals surface area contributed by atoms with Gasteiger partial charge in [0.2, 0.25) is 5.91 Å². The zero-order chi connectivity index (χ0) is 27.0. The molecule has 0 radical (unpaired) electrons. The van der Waals surface area contributed by atoms with Gasteiger partial charge in [0, 0.05) is 16.0 Å². The number of methoxy groups -OCH3 is 1. The maximum Gasteiger partial charge on any atom is 0.244 e. The SMILES string of the molecule is COc1ccccc1NC(=S)Nc1cccc(SC(C(=O)Nc2nc(-c3cccs3)cs2)c2ccccc2)c1. The average molecular weight is 589 g/mol. The van der Waals surface area contributed by atoms with Gasteiger partial charge in [-0.05, 0) is 59.6 Å². The van der Waals surface area contributed by atoms with Crippen molar-refractivity contribution in [3.05, 3.63) is 107 Å². The van der Waals surface area contributed by atoms with Crippen LogP contribution in [0.5, 0.6) is 5.75 Å². The van der Waals surface area contributed by atoms with Gasteiger partial charge in [-0.2, -0.15) is 0 Å². The van der Waals surface area contributed by atoms with E-state index >= 15 is 0 Å². The number of carbonyl (C=O) groups excluding carboxylic acids is 1. The molecule has 1 atom stereocenters. The average Bonchev–Trinajstić information content (AvgIpc) is 3.65. The Balaban J connectivity index is 1.30. The lowest BCUT2D eigenvalue weighted by Gasteiger charge is -2.17. The van der Waals surface area contributed by atoms with Crippen molar-refractivity contribution in [2.75, 3.05) is 23.1 Å². The van der Waals surface area contributed by atoms with Gasteiger partial charge in [-0.15, -0.1) is 34.4 Å². The normalized spacial score (nSPS) is 11.4. The van der Waals surface area contributed by atoms with E-state index in [2.05, 4.69) is 20.9 Å². The Hall–Kier alpha value is -3.70. The van der Waals surface area contributed by atoms with Crippen molar-refractivity contribution < 1.29 is 9.53 Å². The van der Waals surface area contributed by atoms with E-state index in [1.54, 1.807) is 18.4 Å². The fourth-order valence-electron chi connectivity index (χ4n) is 3.76. The Labute approximate surface area is 244 Å². The van der Waals surface area contributed by atoms with Gasteiger partial charge in [0.25, 0.3) is 0 Å². The molecule has 0 bridgehead atoms. The second kappa shape index (κ2) is 12.9. The van der Waals surface area contributed by atoms with Crippen LogP contribution in [-0.2, 0) is 4.79 Å². The van der Waals surface area contributed by atoms with Gasteiger partial charge in [0.1, 0.15) is 11.0 Å². The molecule has 3 N–H and O–H groups in total. The molecular formula is C29H24N4O2S4.